The van der Waals surface area contributed by atoms with Crippen molar-refractivity contribution in [2.24, 2.45) is 7.05 Å². The molecular formula is C17H22BrN3O2S. The molecule has 0 atom stereocenters. The highest BCUT2D eigenvalue weighted by molar-refractivity contribution is 9.10. The largest absolute Gasteiger partial charge is 0.270 e. The summed E-state index contributed by atoms with van der Waals surface area (Å²) in [5.74, 6) is 0.873. The number of nitrogens with zero attached hydrogens (tertiary/aromatic N) is 2. The van der Waals surface area contributed by atoms with Crippen molar-refractivity contribution in [3.05, 3.63) is 39.5 Å². The zero-order valence-corrected chi connectivity index (χ0v) is 16.5. The van der Waals surface area contributed by atoms with Gasteiger partial charge in [0.2, 0.25) is 0 Å². The van der Waals surface area contributed by atoms with Crippen molar-refractivity contribution in [2.75, 3.05) is 4.72 Å². The monoisotopic (exact) mass is 411 g/mol. The fraction of sp³-hybridized carbons (Fsp3) is 0.471. The third kappa shape index (κ3) is 3.37. The molecule has 0 radical (unpaired) electrons. The molecule has 1 heterocycles. The van der Waals surface area contributed by atoms with E-state index in [9.17, 15) is 8.42 Å². The highest BCUT2D eigenvalue weighted by atomic mass is 79.9. The minimum Gasteiger partial charge on any atom is -0.270 e. The molecule has 0 unspecified atom stereocenters. The number of aryl methyl sites for hydroxylation is 3. The van der Waals surface area contributed by atoms with E-state index in [0.29, 0.717) is 27.8 Å². The maximum absolute atomic E-state index is 12.8. The van der Waals surface area contributed by atoms with Gasteiger partial charge in [-0.3, -0.25) is 9.40 Å². The number of anilines is 1. The lowest BCUT2D eigenvalue weighted by molar-refractivity contribution is 0.599. The Balaban J connectivity index is 1.92. The number of rotatable bonds is 4. The Bertz CT molecular complexity index is 845. The predicted molar refractivity (Wildman–Crippen MR) is 98.8 cm³/mol. The summed E-state index contributed by atoms with van der Waals surface area (Å²) in [6, 6.07) is 5.49. The standard InChI is InChI=1S/C17H22BrN3O2S/c1-11-8-14(18)9-12(2)17(11)24(22,23)20-16-10-15(21(3)19-16)13-6-4-5-7-13/h8-10,13H,4-7H2,1-3H3,(H,19,20). The lowest BCUT2D eigenvalue weighted by Gasteiger charge is -2.12. The molecule has 1 fully saturated rings. The molecule has 0 amide bonds. The van der Waals surface area contributed by atoms with Gasteiger partial charge in [0.1, 0.15) is 0 Å². The van der Waals surface area contributed by atoms with Crippen LogP contribution >= 0.6 is 15.9 Å². The number of hydrogen-bond donors (Lipinski definition) is 1. The SMILES string of the molecule is Cc1cc(Br)cc(C)c1S(=O)(=O)Nc1cc(C2CCCC2)n(C)n1. The summed E-state index contributed by atoms with van der Waals surface area (Å²) in [5, 5.41) is 4.36. The Labute approximate surface area is 151 Å². The first kappa shape index (κ1) is 17.5. The molecule has 1 N–H and O–H groups in total. The van der Waals surface area contributed by atoms with Crippen molar-refractivity contribution in [2.45, 2.75) is 50.3 Å². The lowest BCUT2D eigenvalue weighted by atomic mass is 10.0. The van der Waals surface area contributed by atoms with Gasteiger partial charge < -0.3 is 0 Å². The van der Waals surface area contributed by atoms with Crippen LogP contribution in [-0.4, -0.2) is 18.2 Å². The van der Waals surface area contributed by atoms with Crippen molar-refractivity contribution in [1.82, 2.24) is 9.78 Å². The summed E-state index contributed by atoms with van der Waals surface area (Å²) in [6.07, 6.45) is 4.76. The average molecular weight is 412 g/mol. The van der Waals surface area contributed by atoms with Crippen LogP contribution in [0.25, 0.3) is 0 Å². The fourth-order valence-corrected chi connectivity index (χ4v) is 5.77. The smallest absolute Gasteiger partial charge is 0.263 e. The molecule has 24 heavy (non-hydrogen) atoms. The van der Waals surface area contributed by atoms with Crippen LogP contribution in [0.1, 0.15) is 48.4 Å². The van der Waals surface area contributed by atoms with Gasteiger partial charge in [-0.15, -0.1) is 0 Å². The predicted octanol–water partition coefficient (Wildman–Crippen LogP) is 4.26. The summed E-state index contributed by atoms with van der Waals surface area (Å²) in [5.41, 5.74) is 2.53. The highest BCUT2D eigenvalue weighted by Crippen LogP contribution is 2.35. The Kier molecular flexibility index (Phi) is 4.75. The van der Waals surface area contributed by atoms with E-state index in [2.05, 4.69) is 25.8 Å². The van der Waals surface area contributed by atoms with Gasteiger partial charge in [0.05, 0.1) is 4.90 Å². The number of halogens is 1. The number of hydrogen-bond acceptors (Lipinski definition) is 3. The maximum atomic E-state index is 12.8. The Morgan fingerprint density at radius 3 is 2.33 bits per heavy atom. The topological polar surface area (TPSA) is 64.0 Å². The summed E-state index contributed by atoms with van der Waals surface area (Å²) >= 11 is 3.40. The summed E-state index contributed by atoms with van der Waals surface area (Å²) in [6.45, 7) is 3.60. The van der Waals surface area contributed by atoms with Gasteiger partial charge in [0, 0.05) is 29.2 Å². The van der Waals surface area contributed by atoms with Gasteiger partial charge >= 0.3 is 0 Å². The van der Waals surface area contributed by atoms with Crippen LogP contribution in [0, 0.1) is 13.8 Å². The van der Waals surface area contributed by atoms with Gasteiger partial charge in [0.15, 0.2) is 5.82 Å². The Morgan fingerprint density at radius 1 is 1.17 bits per heavy atom. The first-order valence-electron chi connectivity index (χ1n) is 8.11. The van der Waals surface area contributed by atoms with Gasteiger partial charge in [-0.25, -0.2) is 8.42 Å². The second kappa shape index (κ2) is 6.52. The summed E-state index contributed by atoms with van der Waals surface area (Å²) < 4.78 is 31.0. The molecule has 0 bridgehead atoms. The molecule has 0 saturated heterocycles. The minimum absolute atomic E-state index is 0.318. The number of sulfonamides is 1. The van der Waals surface area contributed by atoms with Crippen LogP contribution in [0.15, 0.2) is 27.6 Å². The zero-order chi connectivity index (χ0) is 17.5. The molecular weight excluding hydrogens is 390 g/mol. The number of aromatic nitrogens is 2. The summed E-state index contributed by atoms with van der Waals surface area (Å²) in [4.78, 5) is 0.318. The lowest BCUT2D eigenvalue weighted by Crippen LogP contribution is -2.16. The van der Waals surface area contributed by atoms with E-state index in [1.54, 1.807) is 18.5 Å². The highest BCUT2D eigenvalue weighted by Gasteiger charge is 2.24. The quantitative estimate of drug-likeness (QED) is 0.816. The fourth-order valence-electron chi connectivity index (χ4n) is 3.65. The van der Waals surface area contributed by atoms with Crippen molar-refractivity contribution in [3.63, 3.8) is 0 Å². The third-order valence-electron chi connectivity index (χ3n) is 4.62. The first-order chi connectivity index (χ1) is 11.3. The molecule has 0 aliphatic heterocycles. The molecule has 3 rings (SSSR count). The van der Waals surface area contributed by atoms with Crippen molar-refractivity contribution in [1.29, 1.82) is 0 Å². The van der Waals surface area contributed by atoms with Crippen molar-refractivity contribution >= 4 is 31.8 Å². The first-order valence-corrected chi connectivity index (χ1v) is 10.4. The van der Waals surface area contributed by atoms with E-state index in [-0.39, 0.29) is 0 Å². The number of benzene rings is 1. The average Bonchev–Trinajstić information content (AvgIpc) is 3.05. The molecule has 1 aliphatic carbocycles. The molecule has 1 saturated carbocycles. The van der Waals surface area contributed by atoms with Crippen molar-refractivity contribution < 1.29 is 8.42 Å². The van der Waals surface area contributed by atoms with Gasteiger partial charge in [-0.1, -0.05) is 28.8 Å². The molecule has 1 aromatic heterocycles. The second-order valence-corrected chi connectivity index (χ2v) is 9.07. The van der Waals surface area contributed by atoms with Crippen LogP contribution in [-0.2, 0) is 17.1 Å². The second-order valence-electron chi connectivity index (χ2n) is 6.53. The molecule has 2 aromatic rings. The molecule has 1 aliphatic rings. The molecule has 1 aromatic carbocycles. The van der Waals surface area contributed by atoms with Crippen LogP contribution in [0.4, 0.5) is 5.82 Å². The van der Waals surface area contributed by atoms with E-state index in [1.807, 2.05) is 25.2 Å². The summed E-state index contributed by atoms with van der Waals surface area (Å²) in [7, 11) is -1.79. The Hall–Kier alpha value is -1.34. The number of nitrogens with one attached hydrogen (secondary N) is 1. The van der Waals surface area contributed by atoms with Crippen LogP contribution < -0.4 is 4.72 Å². The molecule has 5 nitrogen and oxygen atoms in total. The zero-order valence-electron chi connectivity index (χ0n) is 14.1. The minimum atomic E-state index is -3.67. The molecule has 0 spiro atoms. The van der Waals surface area contributed by atoms with Crippen molar-refractivity contribution in [3.8, 4) is 0 Å². The van der Waals surface area contributed by atoms with Gasteiger partial charge in [-0.2, -0.15) is 5.10 Å². The third-order valence-corrected chi connectivity index (χ3v) is 6.74. The van der Waals surface area contributed by atoms with Crippen LogP contribution in [0.2, 0.25) is 0 Å². The normalized spacial score (nSPS) is 15.8. The van der Waals surface area contributed by atoms with Gasteiger partial charge in [0.25, 0.3) is 10.0 Å². The van der Waals surface area contributed by atoms with Crippen LogP contribution in [0.5, 0.6) is 0 Å². The Morgan fingerprint density at radius 2 is 1.75 bits per heavy atom. The maximum Gasteiger partial charge on any atom is 0.263 e. The molecule has 130 valence electrons. The van der Waals surface area contributed by atoms with Crippen LogP contribution in [0.3, 0.4) is 0 Å². The van der Waals surface area contributed by atoms with E-state index in [4.69, 9.17) is 0 Å². The van der Waals surface area contributed by atoms with E-state index in [0.717, 1.165) is 23.0 Å². The van der Waals surface area contributed by atoms with E-state index < -0.39 is 10.0 Å². The van der Waals surface area contributed by atoms with Gasteiger partial charge in [-0.05, 0) is 49.9 Å². The van der Waals surface area contributed by atoms with E-state index in [1.165, 1.54) is 12.8 Å². The molecule has 7 heteroatoms. The van der Waals surface area contributed by atoms with E-state index >= 15 is 0 Å².